The van der Waals surface area contributed by atoms with Gasteiger partial charge < -0.3 is 20.9 Å². The van der Waals surface area contributed by atoms with E-state index in [1.807, 2.05) is 4.90 Å². The highest BCUT2D eigenvalue weighted by Gasteiger charge is 2.35. The molecule has 2 amide bonds. The second-order valence-electron chi connectivity index (χ2n) is 5.55. The SMILES string of the molecule is NC(=O)CN1CCC(NC(=O)C2CCC(C(=O)O)O2)CC1. The molecule has 8 heteroatoms. The number of nitrogens with one attached hydrogen (secondary N) is 1. The van der Waals surface area contributed by atoms with Crippen molar-refractivity contribution in [2.45, 2.75) is 43.9 Å². The Kier molecular flexibility index (Phi) is 5.13. The van der Waals surface area contributed by atoms with E-state index < -0.39 is 18.2 Å². The topological polar surface area (TPSA) is 122 Å². The molecule has 2 aliphatic heterocycles. The number of nitrogens with zero attached hydrogens (tertiary/aromatic N) is 1. The third kappa shape index (κ3) is 4.40. The predicted molar refractivity (Wildman–Crippen MR) is 72.3 cm³/mol. The van der Waals surface area contributed by atoms with E-state index in [1.54, 1.807) is 0 Å². The van der Waals surface area contributed by atoms with Crippen LogP contribution in [0.5, 0.6) is 0 Å². The average molecular weight is 299 g/mol. The van der Waals surface area contributed by atoms with Crippen LogP contribution in [0.15, 0.2) is 0 Å². The summed E-state index contributed by atoms with van der Waals surface area (Å²) in [5.74, 6) is -1.62. The van der Waals surface area contributed by atoms with Gasteiger partial charge >= 0.3 is 5.97 Å². The number of carbonyl (C=O) groups excluding carboxylic acids is 2. The van der Waals surface area contributed by atoms with Crippen LogP contribution in [0.3, 0.4) is 0 Å². The van der Waals surface area contributed by atoms with Crippen LogP contribution in [0, 0.1) is 0 Å². The zero-order valence-electron chi connectivity index (χ0n) is 11.8. The molecule has 0 aliphatic carbocycles. The molecule has 0 bridgehead atoms. The monoisotopic (exact) mass is 299 g/mol. The molecule has 2 atom stereocenters. The molecule has 2 aliphatic rings. The summed E-state index contributed by atoms with van der Waals surface area (Å²) in [4.78, 5) is 35.6. The maximum absolute atomic E-state index is 12.0. The van der Waals surface area contributed by atoms with E-state index in [-0.39, 0.29) is 24.4 Å². The number of aliphatic carboxylic acids is 1. The number of ether oxygens (including phenoxy) is 1. The summed E-state index contributed by atoms with van der Waals surface area (Å²) in [6.45, 7) is 1.65. The number of rotatable bonds is 5. The van der Waals surface area contributed by atoms with Crippen LogP contribution in [0.4, 0.5) is 0 Å². The van der Waals surface area contributed by atoms with Gasteiger partial charge in [0, 0.05) is 19.1 Å². The Bertz CT molecular complexity index is 420. The van der Waals surface area contributed by atoms with E-state index in [1.165, 1.54) is 0 Å². The molecule has 2 rings (SSSR count). The van der Waals surface area contributed by atoms with Crippen LogP contribution in [-0.2, 0) is 19.1 Å². The van der Waals surface area contributed by atoms with Crippen LogP contribution >= 0.6 is 0 Å². The quantitative estimate of drug-likeness (QED) is 0.579. The summed E-state index contributed by atoms with van der Waals surface area (Å²) in [5.41, 5.74) is 5.14. The van der Waals surface area contributed by atoms with Gasteiger partial charge in [-0.05, 0) is 25.7 Å². The number of nitrogens with two attached hydrogens (primary N) is 1. The highest BCUT2D eigenvalue weighted by molar-refractivity contribution is 5.82. The number of primary amides is 1. The molecule has 118 valence electrons. The molecular formula is C13H21N3O5. The predicted octanol–water partition coefficient (Wildman–Crippen LogP) is -1.32. The van der Waals surface area contributed by atoms with Crippen molar-refractivity contribution in [1.29, 1.82) is 0 Å². The standard InChI is InChI=1S/C13H21N3O5/c14-11(17)7-16-5-3-8(4-6-16)15-12(18)9-1-2-10(21-9)13(19)20/h8-10H,1-7H2,(H2,14,17)(H,15,18)(H,19,20). The fourth-order valence-electron chi connectivity index (χ4n) is 2.76. The lowest BCUT2D eigenvalue weighted by molar-refractivity contribution is -0.152. The van der Waals surface area contributed by atoms with Crippen molar-refractivity contribution in [1.82, 2.24) is 10.2 Å². The zero-order chi connectivity index (χ0) is 15.4. The Morgan fingerprint density at radius 2 is 1.76 bits per heavy atom. The summed E-state index contributed by atoms with van der Waals surface area (Å²) < 4.78 is 5.22. The molecule has 4 N–H and O–H groups in total. The highest BCUT2D eigenvalue weighted by atomic mass is 16.5. The van der Waals surface area contributed by atoms with Crippen molar-refractivity contribution in [2.75, 3.05) is 19.6 Å². The lowest BCUT2D eigenvalue weighted by Gasteiger charge is -2.31. The minimum atomic E-state index is -1.02. The molecule has 2 saturated heterocycles. The fourth-order valence-corrected chi connectivity index (χ4v) is 2.76. The van der Waals surface area contributed by atoms with Gasteiger partial charge in [0.05, 0.1) is 6.54 Å². The zero-order valence-corrected chi connectivity index (χ0v) is 11.8. The van der Waals surface area contributed by atoms with Gasteiger partial charge in [0.2, 0.25) is 11.8 Å². The summed E-state index contributed by atoms with van der Waals surface area (Å²) >= 11 is 0. The molecule has 0 radical (unpaired) electrons. The second-order valence-corrected chi connectivity index (χ2v) is 5.55. The fraction of sp³-hybridized carbons (Fsp3) is 0.769. The number of hydrogen-bond donors (Lipinski definition) is 3. The molecule has 0 aromatic carbocycles. The Labute approximate surface area is 122 Å². The largest absolute Gasteiger partial charge is 0.479 e. The highest BCUT2D eigenvalue weighted by Crippen LogP contribution is 2.20. The summed E-state index contributed by atoms with van der Waals surface area (Å²) in [6.07, 6.45) is 0.739. The van der Waals surface area contributed by atoms with Gasteiger partial charge in [-0.25, -0.2) is 4.79 Å². The summed E-state index contributed by atoms with van der Waals surface area (Å²) in [6, 6.07) is 0.0362. The molecule has 0 aromatic heterocycles. The summed E-state index contributed by atoms with van der Waals surface area (Å²) in [5, 5.41) is 11.7. The minimum absolute atomic E-state index is 0.0362. The van der Waals surface area contributed by atoms with E-state index in [0.29, 0.717) is 25.9 Å². The van der Waals surface area contributed by atoms with E-state index in [0.717, 1.165) is 12.8 Å². The third-order valence-electron chi connectivity index (χ3n) is 3.90. The van der Waals surface area contributed by atoms with Gasteiger partial charge in [-0.3, -0.25) is 14.5 Å². The van der Waals surface area contributed by atoms with Crippen LogP contribution in [-0.4, -0.2) is 65.7 Å². The van der Waals surface area contributed by atoms with Gasteiger partial charge in [0.15, 0.2) is 6.10 Å². The Hall–Kier alpha value is -1.67. The lowest BCUT2D eigenvalue weighted by atomic mass is 10.0. The molecule has 8 nitrogen and oxygen atoms in total. The molecule has 0 spiro atoms. The first-order chi connectivity index (χ1) is 9.95. The van der Waals surface area contributed by atoms with Crippen molar-refractivity contribution in [3.8, 4) is 0 Å². The second kappa shape index (κ2) is 6.86. The molecular weight excluding hydrogens is 278 g/mol. The van der Waals surface area contributed by atoms with Gasteiger partial charge in [0.25, 0.3) is 0 Å². The number of carboxylic acid groups (broad SMARTS) is 1. The van der Waals surface area contributed by atoms with Crippen molar-refractivity contribution >= 4 is 17.8 Å². The van der Waals surface area contributed by atoms with Gasteiger partial charge in [-0.1, -0.05) is 0 Å². The first kappa shape index (κ1) is 15.7. The number of carbonyl (C=O) groups is 3. The molecule has 2 heterocycles. The first-order valence-electron chi connectivity index (χ1n) is 7.15. The summed E-state index contributed by atoms with van der Waals surface area (Å²) in [7, 11) is 0. The van der Waals surface area contributed by atoms with E-state index in [4.69, 9.17) is 15.6 Å². The Balaban J connectivity index is 1.72. The van der Waals surface area contributed by atoms with Crippen LogP contribution < -0.4 is 11.1 Å². The Morgan fingerprint density at radius 3 is 2.29 bits per heavy atom. The molecule has 2 fully saturated rings. The number of amides is 2. The Morgan fingerprint density at radius 1 is 1.14 bits per heavy atom. The first-order valence-corrected chi connectivity index (χ1v) is 7.15. The third-order valence-corrected chi connectivity index (χ3v) is 3.90. The van der Waals surface area contributed by atoms with E-state index in [9.17, 15) is 14.4 Å². The van der Waals surface area contributed by atoms with Crippen molar-refractivity contribution in [2.24, 2.45) is 5.73 Å². The lowest BCUT2D eigenvalue weighted by Crippen LogP contribution is -2.49. The van der Waals surface area contributed by atoms with Crippen LogP contribution in [0.2, 0.25) is 0 Å². The minimum Gasteiger partial charge on any atom is -0.479 e. The molecule has 21 heavy (non-hydrogen) atoms. The van der Waals surface area contributed by atoms with E-state index in [2.05, 4.69) is 5.32 Å². The van der Waals surface area contributed by atoms with Crippen LogP contribution in [0.25, 0.3) is 0 Å². The van der Waals surface area contributed by atoms with Crippen molar-refractivity contribution < 1.29 is 24.2 Å². The number of likely N-dealkylation sites (tertiary alicyclic amines) is 1. The van der Waals surface area contributed by atoms with Crippen LogP contribution in [0.1, 0.15) is 25.7 Å². The number of hydrogen-bond acceptors (Lipinski definition) is 5. The van der Waals surface area contributed by atoms with Gasteiger partial charge in [-0.2, -0.15) is 0 Å². The smallest absolute Gasteiger partial charge is 0.332 e. The molecule has 0 saturated carbocycles. The number of carboxylic acids is 1. The average Bonchev–Trinajstić information content (AvgIpc) is 2.90. The maximum Gasteiger partial charge on any atom is 0.332 e. The van der Waals surface area contributed by atoms with E-state index >= 15 is 0 Å². The van der Waals surface area contributed by atoms with Gasteiger partial charge in [-0.15, -0.1) is 0 Å². The molecule has 0 aromatic rings. The normalized spacial score (nSPS) is 27.4. The molecule has 2 unspecified atom stereocenters. The van der Waals surface area contributed by atoms with Gasteiger partial charge in [0.1, 0.15) is 6.10 Å². The van der Waals surface area contributed by atoms with Crippen molar-refractivity contribution in [3.05, 3.63) is 0 Å². The maximum atomic E-state index is 12.0. The van der Waals surface area contributed by atoms with Crippen molar-refractivity contribution in [3.63, 3.8) is 0 Å². The number of piperidine rings is 1.